The summed E-state index contributed by atoms with van der Waals surface area (Å²) in [5, 5.41) is 7.89. The second-order valence-electron chi connectivity index (χ2n) is 5.17. The third-order valence-electron chi connectivity index (χ3n) is 3.63. The topological polar surface area (TPSA) is 60.1 Å². The van der Waals surface area contributed by atoms with Crippen molar-refractivity contribution in [2.75, 3.05) is 6.54 Å². The summed E-state index contributed by atoms with van der Waals surface area (Å²) in [6, 6.07) is 8.23. The van der Waals surface area contributed by atoms with E-state index in [1.54, 1.807) is 13.8 Å². The van der Waals surface area contributed by atoms with Crippen molar-refractivity contribution in [3.8, 4) is 0 Å². The normalized spacial score (nSPS) is 11.0. The fraction of sp³-hybridized carbons (Fsp3) is 0.250. The van der Waals surface area contributed by atoms with Gasteiger partial charge in [0.25, 0.3) is 5.91 Å². The van der Waals surface area contributed by atoms with Crippen LogP contribution in [0.1, 0.15) is 21.8 Å². The molecule has 0 aliphatic heterocycles. The monoisotopic (exact) mass is 361 g/mol. The second-order valence-corrected chi connectivity index (χ2v) is 6.08. The van der Waals surface area contributed by atoms with E-state index in [4.69, 9.17) is 4.52 Å². The van der Waals surface area contributed by atoms with Gasteiger partial charge in [-0.25, -0.2) is 0 Å². The van der Waals surface area contributed by atoms with Crippen LogP contribution in [0.15, 0.2) is 39.5 Å². The fourth-order valence-corrected chi connectivity index (χ4v) is 2.89. The number of benzene rings is 1. The van der Waals surface area contributed by atoms with Crippen molar-refractivity contribution in [2.45, 2.75) is 20.4 Å². The minimum Gasteiger partial charge on any atom is -0.361 e. The number of aryl methyl sites for hydroxylation is 2. The number of nitrogens with one attached hydrogen (secondary N) is 1. The SMILES string of the molecule is Cc1noc(C)c1C(=O)NCCn1ccc2ccc(Br)cc21. The highest BCUT2D eigenvalue weighted by atomic mass is 79.9. The molecular formula is C16H16BrN3O2. The van der Waals surface area contributed by atoms with E-state index in [1.165, 1.54) is 5.39 Å². The highest BCUT2D eigenvalue weighted by Crippen LogP contribution is 2.20. The number of nitrogens with zero attached hydrogens (tertiary/aromatic N) is 2. The molecule has 0 bridgehead atoms. The Labute approximate surface area is 136 Å². The van der Waals surface area contributed by atoms with Gasteiger partial charge in [0, 0.05) is 29.3 Å². The summed E-state index contributed by atoms with van der Waals surface area (Å²) >= 11 is 3.48. The number of amides is 1. The summed E-state index contributed by atoms with van der Waals surface area (Å²) in [6.45, 7) is 4.75. The van der Waals surface area contributed by atoms with Crippen molar-refractivity contribution >= 4 is 32.7 Å². The van der Waals surface area contributed by atoms with Crippen LogP contribution in [0.2, 0.25) is 0 Å². The zero-order chi connectivity index (χ0) is 15.7. The maximum absolute atomic E-state index is 12.2. The molecule has 0 saturated carbocycles. The first kappa shape index (κ1) is 14.8. The highest BCUT2D eigenvalue weighted by molar-refractivity contribution is 9.10. The molecule has 2 heterocycles. The third-order valence-corrected chi connectivity index (χ3v) is 4.13. The Morgan fingerprint density at radius 1 is 1.36 bits per heavy atom. The van der Waals surface area contributed by atoms with E-state index in [1.807, 2.05) is 12.3 Å². The summed E-state index contributed by atoms with van der Waals surface area (Å²) in [4.78, 5) is 12.2. The molecule has 3 rings (SSSR count). The van der Waals surface area contributed by atoms with Crippen LogP contribution in [0.25, 0.3) is 10.9 Å². The number of hydrogen-bond donors (Lipinski definition) is 1. The number of fused-ring (bicyclic) bond motifs is 1. The van der Waals surface area contributed by atoms with Gasteiger partial charge in [0.15, 0.2) is 0 Å². The maximum Gasteiger partial charge on any atom is 0.256 e. The standard InChI is InChI=1S/C16H16BrN3O2/c1-10-15(11(2)22-19-10)16(21)18-6-8-20-7-5-12-3-4-13(17)9-14(12)20/h3-5,7,9H,6,8H2,1-2H3,(H,18,21). The van der Waals surface area contributed by atoms with Gasteiger partial charge in [-0.05, 0) is 37.4 Å². The summed E-state index contributed by atoms with van der Waals surface area (Å²) in [6.07, 6.45) is 2.03. The zero-order valence-electron chi connectivity index (χ0n) is 12.4. The zero-order valence-corrected chi connectivity index (χ0v) is 14.0. The van der Waals surface area contributed by atoms with Gasteiger partial charge < -0.3 is 14.4 Å². The van der Waals surface area contributed by atoms with Crippen LogP contribution in [-0.2, 0) is 6.54 Å². The summed E-state index contributed by atoms with van der Waals surface area (Å²) in [7, 11) is 0. The van der Waals surface area contributed by atoms with Crippen molar-refractivity contribution in [2.24, 2.45) is 0 Å². The lowest BCUT2D eigenvalue weighted by atomic mass is 10.2. The first-order valence-electron chi connectivity index (χ1n) is 7.02. The van der Waals surface area contributed by atoms with Gasteiger partial charge in [0.05, 0.1) is 5.69 Å². The van der Waals surface area contributed by atoms with Crippen molar-refractivity contribution < 1.29 is 9.32 Å². The first-order chi connectivity index (χ1) is 10.6. The molecular weight excluding hydrogens is 346 g/mol. The number of carbonyl (C=O) groups excluding carboxylic acids is 1. The molecule has 1 amide bonds. The minimum atomic E-state index is -0.145. The smallest absolute Gasteiger partial charge is 0.256 e. The van der Waals surface area contributed by atoms with E-state index in [0.717, 1.165) is 9.99 Å². The number of hydrogen-bond acceptors (Lipinski definition) is 3. The molecule has 3 aromatic rings. The van der Waals surface area contributed by atoms with Crippen LogP contribution < -0.4 is 5.32 Å². The molecule has 0 radical (unpaired) electrons. The molecule has 5 nitrogen and oxygen atoms in total. The molecule has 0 atom stereocenters. The fourth-order valence-electron chi connectivity index (χ4n) is 2.54. The molecule has 22 heavy (non-hydrogen) atoms. The first-order valence-corrected chi connectivity index (χ1v) is 7.81. The lowest BCUT2D eigenvalue weighted by molar-refractivity contribution is 0.0950. The van der Waals surface area contributed by atoms with Crippen LogP contribution in [0, 0.1) is 13.8 Å². The Hall–Kier alpha value is -2.08. The molecule has 0 aliphatic rings. The van der Waals surface area contributed by atoms with Crippen LogP contribution in [-0.4, -0.2) is 22.2 Å². The second kappa shape index (κ2) is 5.96. The highest BCUT2D eigenvalue weighted by Gasteiger charge is 2.16. The average Bonchev–Trinajstić information content (AvgIpc) is 3.02. The molecule has 1 N–H and O–H groups in total. The van der Waals surface area contributed by atoms with Crippen LogP contribution in [0.3, 0.4) is 0 Å². The van der Waals surface area contributed by atoms with Crippen molar-refractivity contribution in [1.82, 2.24) is 15.0 Å². The van der Waals surface area contributed by atoms with E-state index in [2.05, 4.69) is 49.2 Å². The van der Waals surface area contributed by atoms with E-state index < -0.39 is 0 Å². The van der Waals surface area contributed by atoms with Gasteiger partial charge in [0.2, 0.25) is 0 Å². The molecule has 0 aliphatic carbocycles. The van der Waals surface area contributed by atoms with E-state index >= 15 is 0 Å². The van der Waals surface area contributed by atoms with Gasteiger partial charge in [-0.3, -0.25) is 4.79 Å². The lowest BCUT2D eigenvalue weighted by Crippen LogP contribution is -2.27. The van der Waals surface area contributed by atoms with Gasteiger partial charge in [-0.15, -0.1) is 0 Å². The Morgan fingerprint density at radius 2 is 2.18 bits per heavy atom. The van der Waals surface area contributed by atoms with Crippen molar-refractivity contribution in [3.05, 3.63) is 52.0 Å². The maximum atomic E-state index is 12.2. The Bertz CT molecular complexity index is 816. The molecule has 114 valence electrons. The molecule has 6 heteroatoms. The Morgan fingerprint density at radius 3 is 2.91 bits per heavy atom. The van der Waals surface area contributed by atoms with Crippen molar-refractivity contribution in [1.29, 1.82) is 0 Å². The Balaban J connectivity index is 1.67. The van der Waals surface area contributed by atoms with Gasteiger partial charge in [-0.1, -0.05) is 27.2 Å². The van der Waals surface area contributed by atoms with Crippen LogP contribution in [0.5, 0.6) is 0 Å². The molecule has 0 spiro atoms. The quantitative estimate of drug-likeness (QED) is 0.774. The molecule has 1 aromatic carbocycles. The summed E-state index contributed by atoms with van der Waals surface area (Å²) < 4.78 is 8.18. The molecule has 0 saturated heterocycles. The lowest BCUT2D eigenvalue weighted by Gasteiger charge is -2.08. The van der Waals surface area contributed by atoms with Gasteiger partial charge in [0.1, 0.15) is 11.3 Å². The molecule has 0 fully saturated rings. The van der Waals surface area contributed by atoms with E-state index in [-0.39, 0.29) is 5.91 Å². The van der Waals surface area contributed by atoms with Gasteiger partial charge in [-0.2, -0.15) is 0 Å². The van der Waals surface area contributed by atoms with Crippen molar-refractivity contribution in [3.63, 3.8) is 0 Å². The number of aromatic nitrogens is 2. The predicted molar refractivity (Wildman–Crippen MR) is 87.9 cm³/mol. The predicted octanol–water partition coefficient (Wildman–Crippen LogP) is 3.44. The Kier molecular flexibility index (Phi) is 4.02. The van der Waals surface area contributed by atoms with Crippen LogP contribution >= 0.6 is 15.9 Å². The largest absolute Gasteiger partial charge is 0.361 e. The van der Waals surface area contributed by atoms with E-state index in [0.29, 0.717) is 30.1 Å². The minimum absolute atomic E-state index is 0.145. The number of rotatable bonds is 4. The van der Waals surface area contributed by atoms with Gasteiger partial charge >= 0.3 is 0 Å². The molecule has 0 unspecified atom stereocenters. The molecule has 2 aromatic heterocycles. The summed E-state index contributed by atoms with van der Waals surface area (Å²) in [5.74, 6) is 0.402. The number of carbonyl (C=O) groups is 1. The van der Waals surface area contributed by atoms with Crippen LogP contribution in [0.4, 0.5) is 0 Å². The third kappa shape index (κ3) is 2.78. The summed E-state index contributed by atoms with van der Waals surface area (Å²) in [5.41, 5.74) is 2.28. The number of halogens is 1. The average molecular weight is 362 g/mol. The van der Waals surface area contributed by atoms with E-state index in [9.17, 15) is 4.79 Å².